The van der Waals surface area contributed by atoms with Gasteiger partial charge in [-0.25, -0.2) is 14.0 Å². The first kappa shape index (κ1) is 35.1. The predicted molar refractivity (Wildman–Crippen MR) is 169 cm³/mol. The van der Waals surface area contributed by atoms with E-state index in [2.05, 4.69) is 43.3 Å². The molecule has 11 heteroatoms. The molecule has 0 spiro atoms. The summed E-state index contributed by atoms with van der Waals surface area (Å²) in [6.45, 7) is 12.5. The number of aryl methyl sites for hydroxylation is 1. The van der Waals surface area contributed by atoms with Crippen LogP contribution in [0.15, 0.2) is 66.4 Å². The van der Waals surface area contributed by atoms with Gasteiger partial charge >= 0.3 is 11.9 Å². The van der Waals surface area contributed by atoms with Crippen LogP contribution in [-0.4, -0.2) is 58.6 Å². The summed E-state index contributed by atoms with van der Waals surface area (Å²) in [6.07, 6.45) is 5.51. The Kier molecular flexibility index (Phi) is 12.1. The van der Waals surface area contributed by atoms with Crippen molar-refractivity contribution >= 4 is 29.4 Å². The number of hydrogen-bond donors (Lipinski definition) is 4. The van der Waals surface area contributed by atoms with Crippen LogP contribution in [0.4, 0.5) is 10.1 Å². The van der Waals surface area contributed by atoms with Crippen LogP contribution < -0.4 is 15.5 Å². The Hall–Kier alpha value is -4.38. The van der Waals surface area contributed by atoms with Crippen LogP contribution in [0.25, 0.3) is 0 Å². The van der Waals surface area contributed by atoms with Crippen LogP contribution in [0.5, 0.6) is 0 Å². The number of pyridine rings is 1. The number of carboxylic acids is 2. The number of carbonyl (C=O) groups is 4. The number of carbonyl (C=O) groups excluding carboxylic acids is 2. The zero-order valence-electron chi connectivity index (χ0n) is 26.4. The zero-order valence-corrected chi connectivity index (χ0v) is 26.4. The topological polar surface area (TPSA) is 149 Å². The van der Waals surface area contributed by atoms with Gasteiger partial charge in [0.2, 0.25) is 5.91 Å². The number of benzene rings is 1. The molecular weight excluding hydrogens is 579 g/mol. The molecule has 242 valence electrons. The van der Waals surface area contributed by atoms with Crippen molar-refractivity contribution in [3.05, 3.63) is 83.5 Å². The fourth-order valence-electron chi connectivity index (χ4n) is 5.84. The predicted octanol–water partition coefficient (Wildman–Crippen LogP) is 4.67. The molecule has 3 heterocycles. The molecule has 1 aromatic carbocycles. The minimum atomic E-state index is -1.26. The highest BCUT2D eigenvalue weighted by molar-refractivity contribution is 6.03. The Bertz CT molecular complexity index is 1420. The summed E-state index contributed by atoms with van der Waals surface area (Å²) >= 11 is 0. The fourth-order valence-corrected chi connectivity index (χ4v) is 5.84. The van der Waals surface area contributed by atoms with E-state index in [1.165, 1.54) is 12.3 Å². The van der Waals surface area contributed by atoms with Gasteiger partial charge in [-0.1, -0.05) is 51.5 Å². The van der Waals surface area contributed by atoms with Crippen molar-refractivity contribution in [3.63, 3.8) is 0 Å². The molecule has 10 nitrogen and oxygen atoms in total. The van der Waals surface area contributed by atoms with Gasteiger partial charge in [-0.05, 0) is 55.4 Å². The van der Waals surface area contributed by atoms with Gasteiger partial charge in [-0.3, -0.25) is 14.6 Å². The summed E-state index contributed by atoms with van der Waals surface area (Å²) < 4.78 is 13.4. The number of para-hydroxylation sites is 1. The fraction of sp³-hybridized carbons (Fsp3) is 0.441. The molecule has 1 saturated heterocycles. The van der Waals surface area contributed by atoms with E-state index < -0.39 is 17.8 Å². The minimum Gasteiger partial charge on any atom is -0.478 e. The first-order valence-electron chi connectivity index (χ1n) is 15.0. The maximum atomic E-state index is 13.4. The van der Waals surface area contributed by atoms with Crippen LogP contribution in [-0.2, 0) is 19.2 Å². The molecule has 2 amide bonds. The largest absolute Gasteiger partial charge is 0.478 e. The molecule has 2 aliphatic rings. The summed E-state index contributed by atoms with van der Waals surface area (Å²) in [5, 5.41) is 22.2. The number of hydrogen-bond acceptors (Lipinski definition) is 6. The van der Waals surface area contributed by atoms with Crippen molar-refractivity contribution in [1.29, 1.82) is 0 Å². The number of carboxylic acid groups (broad SMARTS) is 2. The number of piperidine rings is 1. The third-order valence-corrected chi connectivity index (χ3v) is 7.95. The highest BCUT2D eigenvalue weighted by Gasteiger charge is 2.40. The maximum absolute atomic E-state index is 13.4. The van der Waals surface area contributed by atoms with E-state index >= 15 is 0 Å². The number of aliphatic carboxylic acids is 2. The molecule has 1 fully saturated rings. The second kappa shape index (κ2) is 15.6. The van der Waals surface area contributed by atoms with Gasteiger partial charge in [0, 0.05) is 49.0 Å². The van der Waals surface area contributed by atoms with Crippen LogP contribution in [0.3, 0.4) is 0 Å². The first-order valence-corrected chi connectivity index (χ1v) is 15.0. The van der Waals surface area contributed by atoms with Gasteiger partial charge in [0.05, 0.1) is 23.9 Å². The highest BCUT2D eigenvalue weighted by Crippen LogP contribution is 2.41. The molecule has 0 bridgehead atoms. The Balaban J connectivity index is 0.000000610. The van der Waals surface area contributed by atoms with Crippen LogP contribution in [0.2, 0.25) is 0 Å². The number of rotatable bonds is 9. The SMILES string of the molecule is Cc1ccccc1N1CC(C)(C)C([C@H]2CNC[C@@H](C(=O)N[C@H](CC(C)C)c3ccc(F)cn3)C2)=CC1=O.O=C(O)/C=C/C(=O)O. The number of nitrogens with zero attached hydrogens (tertiary/aromatic N) is 2. The number of amides is 2. The molecule has 4 N–H and O–H groups in total. The second-order valence-corrected chi connectivity index (χ2v) is 12.6. The lowest BCUT2D eigenvalue weighted by molar-refractivity contribution is -0.134. The molecule has 1 aromatic heterocycles. The minimum absolute atomic E-state index is 0.00502. The summed E-state index contributed by atoms with van der Waals surface area (Å²) in [5.41, 5.74) is 3.57. The number of aromatic nitrogens is 1. The molecule has 0 aliphatic carbocycles. The van der Waals surface area contributed by atoms with E-state index in [0.717, 1.165) is 29.8 Å². The normalized spacial score (nSPS) is 20.2. The van der Waals surface area contributed by atoms with E-state index in [4.69, 9.17) is 10.2 Å². The number of anilines is 1. The van der Waals surface area contributed by atoms with Crippen molar-refractivity contribution < 1.29 is 33.8 Å². The molecule has 0 saturated carbocycles. The highest BCUT2D eigenvalue weighted by atomic mass is 19.1. The summed E-state index contributed by atoms with van der Waals surface area (Å²) in [4.78, 5) is 51.9. The van der Waals surface area contributed by atoms with Gasteiger partial charge in [0.1, 0.15) is 5.82 Å². The van der Waals surface area contributed by atoms with Crippen molar-refractivity contribution in [1.82, 2.24) is 15.6 Å². The van der Waals surface area contributed by atoms with E-state index in [0.29, 0.717) is 43.3 Å². The van der Waals surface area contributed by atoms with Crippen LogP contribution >= 0.6 is 0 Å². The van der Waals surface area contributed by atoms with Gasteiger partial charge in [0.25, 0.3) is 5.91 Å². The lowest BCUT2D eigenvalue weighted by Gasteiger charge is -2.43. The standard InChI is InChI=1S/C30H39FN4O2.C4H4O4/c1-19(2)12-26(25-11-10-23(31)17-33-25)34-29(37)22-13-21(15-32-16-22)24-14-28(36)35(18-30(24,4)5)27-9-7-6-8-20(27)3;5-3(6)1-2-4(7)8/h6-11,14,17,19,21-22,26,32H,12-13,15-16,18H2,1-5H3,(H,34,37);1-2H,(H,5,6)(H,7,8)/b;2-1+/t21-,22+,26-;/m1./s1. The number of halogens is 1. The summed E-state index contributed by atoms with van der Waals surface area (Å²) in [5.74, 6) is -2.74. The molecule has 0 radical (unpaired) electrons. The zero-order chi connectivity index (χ0) is 33.3. The number of nitrogens with one attached hydrogen (secondary N) is 2. The van der Waals surface area contributed by atoms with Gasteiger partial charge < -0.3 is 25.7 Å². The summed E-state index contributed by atoms with van der Waals surface area (Å²) in [6, 6.07) is 10.7. The Morgan fingerprint density at radius 1 is 1.11 bits per heavy atom. The van der Waals surface area contributed by atoms with Gasteiger partial charge in [0.15, 0.2) is 0 Å². The van der Waals surface area contributed by atoms with E-state index in [9.17, 15) is 23.6 Å². The van der Waals surface area contributed by atoms with E-state index in [1.807, 2.05) is 36.1 Å². The van der Waals surface area contributed by atoms with Crippen molar-refractivity contribution in [2.45, 2.75) is 53.5 Å². The van der Waals surface area contributed by atoms with E-state index in [1.54, 1.807) is 12.1 Å². The third-order valence-electron chi connectivity index (χ3n) is 7.95. The first-order chi connectivity index (χ1) is 21.2. The Morgan fingerprint density at radius 3 is 2.36 bits per heavy atom. The van der Waals surface area contributed by atoms with Crippen LogP contribution in [0.1, 0.15) is 57.8 Å². The quantitative estimate of drug-likeness (QED) is 0.295. The van der Waals surface area contributed by atoms with Crippen LogP contribution in [0, 0.1) is 35.9 Å². The molecule has 45 heavy (non-hydrogen) atoms. The average molecular weight is 623 g/mol. The molecular formula is C34H43FN4O6. The van der Waals surface area contributed by atoms with Crippen molar-refractivity contribution in [2.24, 2.45) is 23.2 Å². The summed E-state index contributed by atoms with van der Waals surface area (Å²) in [7, 11) is 0. The van der Waals surface area contributed by atoms with Crippen molar-refractivity contribution in [3.8, 4) is 0 Å². The monoisotopic (exact) mass is 622 g/mol. The maximum Gasteiger partial charge on any atom is 0.328 e. The average Bonchev–Trinajstić information content (AvgIpc) is 2.97. The molecule has 2 aromatic rings. The third kappa shape index (κ3) is 10.1. The Morgan fingerprint density at radius 2 is 1.78 bits per heavy atom. The van der Waals surface area contributed by atoms with E-state index in [-0.39, 0.29) is 35.1 Å². The molecule has 0 unspecified atom stereocenters. The molecule has 2 aliphatic heterocycles. The van der Waals surface area contributed by atoms with Gasteiger partial charge in [-0.15, -0.1) is 0 Å². The molecule has 4 rings (SSSR count). The molecule has 3 atom stereocenters. The lowest BCUT2D eigenvalue weighted by atomic mass is 9.71. The smallest absolute Gasteiger partial charge is 0.328 e. The Labute approximate surface area is 263 Å². The van der Waals surface area contributed by atoms with Crippen molar-refractivity contribution in [2.75, 3.05) is 24.5 Å². The van der Waals surface area contributed by atoms with Gasteiger partial charge in [-0.2, -0.15) is 0 Å². The lowest BCUT2D eigenvalue weighted by Crippen LogP contribution is -2.50. The second-order valence-electron chi connectivity index (χ2n) is 12.6.